The van der Waals surface area contributed by atoms with Gasteiger partial charge in [0.1, 0.15) is 11.6 Å². The summed E-state index contributed by atoms with van der Waals surface area (Å²) in [6, 6.07) is 6.55. The zero-order chi connectivity index (χ0) is 18.4. The first-order chi connectivity index (χ1) is 11.9. The first-order valence-electron chi connectivity index (χ1n) is 7.78. The minimum Gasteiger partial charge on any atom is -0.494 e. The Hall–Kier alpha value is -2.67. The van der Waals surface area contributed by atoms with Crippen LogP contribution in [-0.2, 0) is 0 Å². The monoisotopic (exact) mass is 362 g/mol. The summed E-state index contributed by atoms with van der Waals surface area (Å²) < 4.78 is 5.31. The van der Waals surface area contributed by atoms with Crippen molar-refractivity contribution in [1.82, 2.24) is 20.8 Å². The molecule has 0 atom stereocenters. The largest absolute Gasteiger partial charge is 0.494 e. The molecular weight excluding hydrogens is 344 g/mol. The number of hydrogen-bond acceptors (Lipinski definition) is 5. The Bertz CT molecular complexity index is 763. The van der Waals surface area contributed by atoms with E-state index < -0.39 is 11.8 Å². The highest BCUT2D eigenvalue weighted by Crippen LogP contribution is 2.16. The van der Waals surface area contributed by atoms with E-state index >= 15 is 0 Å². The fourth-order valence-electron chi connectivity index (χ4n) is 1.93. The van der Waals surface area contributed by atoms with Gasteiger partial charge in [-0.15, -0.1) is 0 Å². The summed E-state index contributed by atoms with van der Waals surface area (Å²) >= 11 is 5.96. The molecule has 25 heavy (non-hydrogen) atoms. The van der Waals surface area contributed by atoms with Gasteiger partial charge in [-0.3, -0.25) is 20.4 Å². The minimum absolute atomic E-state index is 0.00682. The Morgan fingerprint density at radius 2 is 1.80 bits per heavy atom. The van der Waals surface area contributed by atoms with Crippen LogP contribution in [0.2, 0.25) is 5.02 Å². The van der Waals surface area contributed by atoms with Crippen molar-refractivity contribution in [1.29, 1.82) is 0 Å². The molecule has 2 amide bonds. The fraction of sp³-hybridized carbons (Fsp3) is 0.294. The number of rotatable bonds is 5. The van der Waals surface area contributed by atoms with Crippen LogP contribution in [0.4, 0.5) is 0 Å². The van der Waals surface area contributed by atoms with Gasteiger partial charge in [-0.2, -0.15) is 0 Å². The fourth-order valence-corrected chi connectivity index (χ4v) is 2.11. The Morgan fingerprint density at radius 3 is 2.40 bits per heavy atom. The quantitative estimate of drug-likeness (QED) is 0.798. The second-order valence-corrected chi connectivity index (χ2v) is 5.85. The Labute approximate surface area is 150 Å². The molecule has 2 N–H and O–H groups in total. The number of carbonyl (C=O) groups excluding carboxylic acids is 2. The molecule has 0 saturated carbocycles. The van der Waals surface area contributed by atoms with E-state index in [0.717, 1.165) is 0 Å². The molecule has 2 aromatic rings. The van der Waals surface area contributed by atoms with Gasteiger partial charge in [0, 0.05) is 11.5 Å². The molecule has 0 spiro atoms. The smallest absolute Gasteiger partial charge is 0.289 e. The molecule has 0 unspecified atom stereocenters. The lowest BCUT2D eigenvalue weighted by Gasteiger charge is -2.10. The van der Waals surface area contributed by atoms with E-state index in [1.54, 1.807) is 24.3 Å². The molecule has 0 aliphatic heterocycles. The highest BCUT2D eigenvalue weighted by atomic mass is 35.5. The number of amides is 2. The van der Waals surface area contributed by atoms with E-state index in [9.17, 15) is 9.59 Å². The number of nitrogens with zero attached hydrogens (tertiary/aromatic N) is 2. The lowest BCUT2D eigenvalue weighted by molar-refractivity contribution is 0.0843. The summed E-state index contributed by atoms with van der Waals surface area (Å²) in [6.45, 7) is 6.22. The van der Waals surface area contributed by atoms with Gasteiger partial charge in [0.05, 0.1) is 17.8 Å². The van der Waals surface area contributed by atoms with E-state index in [4.69, 9.17) is 16.3 Å². The summed E-state index contributed by atoms with van der Waals surface area (Å²) in [6.07, 6.45) is 1.37. The maximum Gasteiger partial charge on any atom is 0.289 e. The average Bonchev–Trinajstić information content (AvgIpc) is 2.60. The van der Waals surface area contributed by atoms with E-state index in [1.807, 2.05) is 20.8 Å². The van der Waals surface area contributed by atoms with Gasteiger partial charge in [-0.25, -0.2) is 9.97 Å². The van der Waals surface area contributed by atoms with E-state index in [0.29, 0.717) is 23.7 Å². The second-order valence-electron chi connectivity index (χ2n) is 5.45. The molecule has 0 saturated heterocycles. The van der Waals surface area contributed by atoms with Crippen molar-refractivity contribution in [2.45, 2.75) is 26.7 Å². The van der Waals surface area contributed by atoms with Crippen LogP contribution in [0.1, 0.15) is 53.4 Å². The van der Waals surface area contributed by atoms with Crippen molar-refractivity contribution >= 4 is 23.4 Å². The van der Waals surface area contributed by atoms with Crippen LogP contribution in [0, 0.1) is 0 Å². The van der Waals surface area contributed by atoms with Crippen LogP contribution in [0.3, 0.4) is 0 Å². The number of carbonyl (C=O) groups is 2. The van der Waals surface area contributed by atoms with Crippen molar-refractivity contribution in [3.63, 3.8) is 0 Å². The number of nitrogens with one attached hydrogen (secondary N) is 2. The maximum absolute atomic E-state index is 12.2. The van der Waals surface area contributed by atoms with Crippen molar-refractivity contribution in [2.75, 3.05) is 6.61 Å². The molecule has 1 aromatic carbocycles. The molecule has 8 heteroatoms. The normalized spacial score (nSPS) is 10.4. The zero-order valence-electron chi connectivity index (χ0n) is 14.2. The first kappa shape index (κ1) is 18.7. The van der Waals surface area contributed by atoms with Crippen LogP contribution in [0.15, 0.2) is 30.5 Å². The molecular formula is C17H19ClN4O3. The molecule has 2 rings (SSSR count). The second kappa shape index (κ2) is 8.43. The number of hydrogen-bond donors (Lipinski definition) is 2. The van der Waals surface area contributed by atoms with Crippen LogP contribution >= 0.6 is 11.6 Å². The van der Waals surface area contributed by atoms with Crippen molar-refractivity contribution in [3.8, 4) is 5.75 Å². The summed E-state index contributed by atoms with van der Waals surface area (Å²) in [5.74, 6) is 0.117. The predicted octanol–water partition coefficient (Wildman–Crippen LogP) is 2.73. The van der Waals surface area contributed by atoms with Crippen molar-refractivity contribution < 1.29 is 14.3 Å². The van der Waals surface area contributed by atoms with E-state index in [1.165, 1.54) is 6.20 Å². The van der Waals surface area contributed by atoms with Crippen molar-refractivity contribution in [2.24, 2.45) is 0 Å². The van der Waals surface area contributed by atoms with Crippen molar-refractivity contribution in [3.05, 3.63) is 52.6 Å². The standard InChI is InChI=1S/C17H19ClN4O3/c1-4-25-12-7-5-11(6-8-12)16(23)21-22-17(24)14-13(18)9-19-15(20-14)10(2)3/h5-10H,4H2,1-3H3,(H,21,23)(H,22,24). The Kier molecular flexibility index (Phi) is 6.30. The van der Waals surface area contributed by atoms with Gasteiger partial charge in [-0.1, -0.05) is 25.4 Å². The number of benzene rings is 1. The number of aromatic nitrogens is 2. The minimum atomic E-state index is -0.617. The zero-order valence-corrected chi connectivity index (χ0v) is 14.9. The van der Waals surface area contributed by atoms with Gasteiger partial charge >= 0.3 is 0 Å². The lowest BCUT2D eigenvalue weighted by atomic mass is 10.2. The van der Waals surface area contributed by atoms with Crippen LogP contribution in [0.25, 0.3) is 0 Å². The summed E-state index contributed by atoms with van der Waals surface area (Å²) in [5, 5.41) is 0.109. The molecule has 0 aliphatic rings. The lowest BCUT2D eigenvalue weighted by Crippen LogP contribution is -2.42. The molecule has 132 valence electrons. The third kappa shape index (κ3) is 4.90. The van der Waals surface area contributed by atoms with Gasteiger partial charge in [0.15, 0.2) is 5.69 Å². The average molecular weight is 363 g/mol. The third-order valence-electron chi connectivity index (χ3n) is 3.21. The maximum atomic E-state index is 12.2. The van der Waals surface area contributed by atoms with Gasteiger partial charge in [-0.05, 0) is 31.2 Å². The highest BCUT2D eigenvalue weighted by molar-refractivity contribution is 6.33. The van der Waals surface area contributed by atoms with Crippen LogP contribution in [0.5, 0.6) is 5.75 Å². The predicted molar refractivity (Wildman–Crippen MR) is 93.7 cm³/mol. The first-order valence-corrected chi connectivity index (χ1v) is 8.16. The van der Waals surface area contributed by atoms with Crippen LogP contribution in [-0.4, -0.2) is 28.4 Å². The SMILES string of the molecule is CCOc1ccc(C(=O)NNC(=O)c2nc(C(C)C)ncc2Cl)cc1. The summed E-state index contributed by atoms with van der Waals surface area (Å²) in [5.41, 5.74) is 5.01. The summed E-state index contributed by atoms with van der Waals surface area (Å²) in [7, 11) is 0. The highest BCUT2D eigenvalue weighted by Gasteiger charge is 2.16. The molecule has 0 fully saturated rings. The Morgan fingerprint density at radius 1 is 1.16 bits per heavy atom. The van der Waals surface area contributed by atoms with E-state index in [2.05, 4.69) is 20.8 Å². The van der Waals surface area contributed by atoms with Crippen LogP contribution < -0.4 is 15.6 Å². The summed E-state index contributed by atoms with van der Waals surface area (Å²) in [4.78, 5) is 32.5. The molecule has 7 nitrogen and oxygen atoms in total. The third-order valence-corrected chi connectivity index (χ3v) is 3.49. The molecule has 1 heterocycles. The number of hydrazine groups is 1. The number of halogens is 1. The number of ether oxygens (including phenoxy) is 1. The Balaban J connectivity index is 2.01. The molecule has 0 bridgehead atoms. The molecule has 1 aromatic heterocycles. The topological polar surface area (TPSA) is 93.2 Å². The van der Waals surface area contributed by atoms with Gasteiger partial charge in [0.2, 0.25) is 0 Å². The van der Waals surface area contributed by atoms with Gasteiger partial charge < -0.3 is 4.74 Å². The molecule has 0 aliphatic carbocycles. The molecule has 0 radical (unpaired) electrons. The van der Waals surface area contributed by atoms with E-state index in [-0.39, 0.29) is 16.6 Å². The van der Waals surface area contributed by atoms with Gasteiger partial charge in [0.25, 0.3) is 11.8 Å².